The van der Waals surface area contributed by atoms with Crippen molar-refractivity contribution in [1.29, 1.82) is 0 Å². The fraction of sp³-hybridized carbons (Fsp3) is 0.333. The Bertz CT molecular complexity index is 1100. The van der Waals surface area contributed by atoms with Gasteiger partial charge in [-0.15, -0.1) is 10.2 Å². The molecule has 9 nitrogen and oxygen atoms in total. The minimum absolute atomic E-state index is 0.0651. The highest BCUT2D eigenvalue weighted by Gasteiger charge is 2.32. The maximum atomic E-state index is 12.8. The van der Waals surface area contributed by atoms with Gasteiger partial charge in [0.15, 0.2) is 0 Å². The van der Waals surface area contributed by atoms with E-state index in [1.807, 2.05) is 59.5 Å². The summed E-state index contributed by atoms with van der Waals surface area (Å²) in [5.74, 6) is 1.98. The highest BCUT2D eigenvalue weighted by molar-refractivity contribution is 5.88. The van der Waals surface area contributed by atoms with Crippen LogP contribution in [0.5, 0.6) is 11.5 Å². The van der Waals surface area contributed by atoms with Crippen molar-refractivity contribution in [1.82, 2.24) is 25.3 Å². The first kappa shape index (κ1) is 22.5. The number of hydrogen-bond acceptors (Lipinski definition) is 7. The Morgan fingerprint density at radius 3 is 2.73 bits per heavy atom. The van der Waals surface area contributed by atoms with Gasteiger partial charge in [0.05, 0.1) is 19.0 Å². The summed E-state index contributed by atoms with van der Waals surface area (Å²) < 4.78 is 11.3. The third kappa shape index (κ3) is 5.95. The van der Waals surface area contributed by atoms with Gasteiger partial charge in [0, 0.05) is 33.6 Å². The number of piperazine rings is 1. The molecule has 1 aromatic heterocycles. The average Bonchev–Trinajstić information content (AvgIpc) is 3.21. The molecule has 2 amide bonds. The zero-order valence-electron chi connectivity index (χ0n) is 18.7. The molecule has 33 heavy (non-hydrogen) atoms. The van der Waals surface area contributed by atoms with E-state index in [2.05, 4.69) is 15.5 Å². The molecule has 0 saturated carbocycles. The van der Waals surface area contributed by atoms with Gasteiger partial charge in [0.1, 0.15) is 11.5 Å². The Hall–Kier alpha value is -3.72. The van der Waals surface area contributed by atoms with Gasteiger partial charge in [-0.05, 0) is 29.8 Å². The molecule has 0 bridgehead atoms. The van der Waals surface area contributed by atoms with Crippen LogP contribution in [0.3, 0.4) is 0 Å². The summed E-state index contributed by atoms with van der Waals surface area (Å²) in [6.07, 6.45) is 0.0651. The molecule has 1 aliphatic rings. The molecule has 1 aliphatic heterocycles. The molecular formula is C24H27N5O4. The van der Waals surface area contributed by atoms with Crippen LogP contribution in [-0.2, 0) is 22.7 Å². The van der Waals surface area contributed by atoms with Crippen molar-refractivity contribution in [2.24, 2.45) is 0 Å². The SMILES string of the molecule is Cc1nnc(CN(C)C(=O)CC2C(=O)NCCN2Cc2cccc(Oc3ccccc3)c2)o1. The lowest BCUT2D eigenvalue weighted by Crippen LogP contribution is -2.56. The third-order valence-corrected chi connectivity index (χ3v) is 5.44. The summed E-state index contributed by atoms with van der Waals surface area (Å²) in [4.78, 5) is 29.0. The van der Waals surface area contributed by atoms with Crippen LogP contribution >= 0.6 is 0 Å². The molecule has 9 heteroatoms. The molecule has 0 spiro atoms. The van der Waals surface area contributed by atoms with Crippen molar-refractivity contribution in [3.05, 3.63) is 71.9 Å². The number of amides is 2. The first-order valence-corrected chi connectivity index (χ1v) is 10.8. The second-order valence-corrected chi connectivity index (χ2v) is 8.01. The van der Waals surface area contributed by atoms with Crippen molar-refractivity contribution < 1.29 is 18.7 Å². The molecule has 4 rings (SSSR count). The van der Waals surface area contributed by atoms with Crippen molar-refractivity contribution in [2.45, 2.75) is 32.5 Å². The van der Waals surface area contributed by atoms with E-state index in [-0.39, 0.29) is 24.8 Å². The molecule has 1 unspecified atom stereocenters. The van der Waals surface area contributed by atoms with E-state index in [9.17, 15) is 9.59 Å². The standard InChI is InChI=1S/C24H27N5O4/c1-17-26-27-22(32-17)16-28(2)23(30)14-21-24(31)25-11-12-29(21)15-18-7-6-10-20(13-18)33-19-8-4-3-5-9-19/h3-10,13,21H,11-12,14-16H2,1-2H3,(H,25,31). The normalized spacial score (nSPS) is 16.3. The minimum atomic E-state index is -0.559. The maximum Gasteiger partial charge on any atom is 0.237 e. The summed E-state index contributed by atoms with van der Waals surface area (Å²) >= 11 is 0. The van der Waals surface area contributed by atoms with Crippen molar-refractivity contribution in [3.8, 4) is 11.5 Å². The highest BCUT2D eigenvalue weighted by atomic mass is 16.5. The average molecular weight is 450 g/mol. The number of nitrogens with zero attached hydrogens (tertiary/aromatic N) is 4. The van der Waals surface area contributed by atoms with Gasteiger partial charge in [-0.2, -0.15) is 0 Å². The van der Waals surface area contributed by atoms with Gasteiger partial charge in [-0.3, -0.25) is 14.5 Å². The van der Waals surface area contributed by atoms with Crippen LogP contribution in [0.4, 0.5) is 0 Å². The van der Waals surface area contributed by atoms with Crippen molar-refractivity contribution in [3.63, 3.8) is 0 Å². The number of benzene rings is 2. The first-order chi connectivity index (χ1) is 16.0. The maximum absolute atomic E-state index is 12.8. The molecule has 3 aromatic rings. The number of ether oxygens (including phenoxy) is 1. The highest BCUT2D eigenvalue weighted by Crippen LogP contribution is 2.23. The molecule has 1 atom stereocenters. The number of hydrogen-bond donors (Lipinski definition) is 1. The van der Waals surface area contributed by atoms with Crippen LogP contribution in [0.1, 0.15) is 23.8 Å². The predicted octanol–water partition coefficient (Wildman–Crippen LogP) is 2.52. The smallest absolute Gasteiger partial charge is 0.237 e. The second kappa shape index (κ2) is 10.3. The number of para-hydroxylation sites is 1. The topological polar surface area (TPSA) is 101 Å². The van der Waals surface area contributed by atoms with E-state index >= 15 is 0 Å². The number of aromatic nitrogens is 2. The summed E-state index contributed by atoms with van der Waals surface area (Å²) in [5, 5.41) is 10.6. The van der Waals surface area contributed by atoms with E-state index in [1.54, 1.807) is 14.0 Å². The second-order valence-electron chi connectivity index (χ2n) is 8.01. The van der Waals surface area contributed by atoms with Crippen LogP contribution in [0.2, 0.25) is 0 Å². The van der Waals surface area contributed by atoms with Crippen molar-refractivity contribution >= 4 is 11.8 Å². The molecule has 1 fully saturated rings. The van der Waals surface area contributed by atoms with Gasteiger partial charge in [0.25, 0.3) is 0 Å². The molecular weight excluding hydrogens is 422 g/mol. The van der Waals surface area contributed by atoms with Gasteiger partial charge < -0.3 is 19.4 Å². The Balaban J connectivity index is 1.41. The molecule has 0 radical (unpaired) electrons. The molecule has 1 N–H and O–H groups in total. The number of rotatable bonds is 8. The summed E-state index contributed by atoms with van der Waals surface area (Å²) in [6, 6.07) is 16.8. The van der Waals surface area contributed by atoms with Gasteiger partial charge in [0.2, 0.25) is 23.6 Å². The Morgan fingerprint density at radius 2 is 1.97 bits per heavy atom. The van der Waals surface area contributed by atoms with Gasteiger partial charge in [-0.25, -0.2) is 0 Å². The number of nitrogens with one attached hydrogen (secondary N) is 1. The largest absolute Gasteiger partial charge is 0.457 e. The molecule has 0 aliphatic carbocycles. The van der Waals surface area contributed by atoms with Crippen LogP contribution < -0.4 is 10.1 Å². The Labute approximate surface area is 192 Å². The Morgan fingerprint density at radius 1 is 1.18 bits per heavy atom. The predicted molar refractivity (Wildman–Crippen MR) is 120 cm³/mol. The molecule has 172 valence electrons. The van der Waals surface area contributed by atoms with Crippen LogP contribution in [-0.4, -0.2) is 58.0 Å². The lowest BCUT2D eigenvalue weighted by atomic mass is 10.1. The number of aryl methyl sites for hydroxylation is 1. The minimum Gasteiger partial charge on any atom is -0.457 e. The van der Waals surface area contributed by atoms with E-state index in [0.29, 0.717) is 31.4 Å². The van der Waals surface area contributed by atoms with E-state index < -0.39 is 6.04 Å². The third-order valence-electron chi connectivity index (χ3n) is 5.44. The molecule has 2 aromatic carbocycles. The first-order valence-electron chi connectivity index (χ1n) is 10.8. The van der Waals surface area contributed by atoms with Crippen LogP contribution in [0.25, 0.3) is 0 Å². The zero-order valence-corrected chi connectivity index (χ0v) is 18.7. The van der Waals surface area contributed by atoms with Crippen molar-refractivity contribution in [2.75, 3.05) is 20.1 Å². The van der Waals surface area contributed by atoms with Crippen LogP contribution in [0.15, 0.2) is 59.0 Å². The summed E-state index contributed by atoms with van der Waals surface area (Å²) in [5.41, 5.74) is 1.00. The molecule has 1 saturated heterocycles. The van der Waals surface area contributed by atoms with Crippen LogP contribution in [0, 0.1) is 6.92 Å². The molecule has 2 heterocycles. The fourth-order valence-electron chi connectivity index (χ4n) is 3.75. The monoisotopic (exact) mass is 449 g/mol. The fourth-order valence-corrected chi connectivity index (χ4v) is 3.75. The number of carbonyl (C=O) groups excluding carboxylic acids is 2. The lowest BCUT2D eigenvalue weighted by molar-refractivity contribution is -0.138. The lowest BCUT2D eigenvalue weighted by Gasteiger charge is -2.35. The quantitative estimate of drug-likeness (QED) is 0.564. The zero-order chi connectivity index (χ0) is 23.2. The summed E-state index contributed by atoms with van der Waals surface area (Å²) in [6.45, 7) is 3.63. The van der Waals surface area contributed by atoms with E-state index in [4.69, 9.17) is 9.15 Å². The Kier molecular flexibility index (Phi) is 6.99. The summed E-state index contributed by atoms with van der Waals surface area (Å²) in [7, 11) is 1.66. The van der Waals surface area contributed by atoms with Gasteiger partial charge >= 0.3 is 0 Å². The van der Waals surface area contributed by atoms with E-state index in [0.717, 1.165) is 17.1 Å². The van der Waals surface area contributed by atoms with E-state index in [1.165, 1.54) is 4.90 Å². The number of carbonyl (C=O) groups is 2. The van der Waals surface area contributed by atoms with Gasteiger partial charge in [-0.1, -0.05) is 30.3 Å².